The standard InChI is InChI=1S/C20H18O5/c1-3-22-18(21)17-14(2)19(15-10-6-4-7-11-15)23-20(17,25-24-19)16-12-8-5-9-13-16/h4-13H,3H2,1-2H3/t19-,20-/m0/s1. The molecule has 2 atom stereocenters. The van der Waals surface area contributed by atoms with Gasteiger partial charge in [-0.15, -0.1) is 0 Å². The summed E-state index contributed by atoms with van der Waals surface area (Å²) in [6, 6.07) is 18.7. The van der Waals surface area contributed by atoms with Crippen LogP contribution in [0, 0.1) is 0 Å². The Bertz CT molecular complexity index is 830. The van der Waals surface area contributed by atoms with Gasteiger partial charge in [-0.25, -0.2) is 4.79 Å². The lowest BCUT2D eigenvalue weighted by atomic mass is 9.91. The second kappa shape index (κ2) is 5.81. The van der Waals surface area contributed by atoms with Crippen molar-refractivity contribution >= 4 is 5.97 Å². The third kappa shape index (κ3) is 2.17. The van der Waals surface area contributed by atoms with E-state index in [1.165, 1.54) is 0 Å². The maximum Gasteiger partial charge on any atom is 0.340 e. The van der Waals surface area contributed by atoms with E-state index in [9.17, 15) is 4.79 Å². The number of carbonyl (C=O) groups is 1. The minimum absolute atomic E-state index is 0.264. The molecule has 0 N–H and O–H groups in total. The molecule has 2 bridgehead atoms. The van der Waals surface area contributed by atoms with Gasteiger partial charge in [0.05, 0.1) is 6.61 Å². The van der Waals surface area contributed by atoms with Crippen molar-refractivity contribution in [1.82, 2.24) is 0 Å². The summed E-state index contributed by atoms with van der Waals surface area (Å²) in [4.78, 5) is 24.0. The normalized spacial score (nSPS) is 27.6. The first-order chi connectivity index (χ1) is 12.1. The summed E-state index contributed by atoms with van der Waals surface area (Å²) >= 11 is 0. The van der Waals surface area contributed by atoms with E-state index in [1.54, 1.807) is 6.92 Å². The molecule has 2 heterocycles. The van der Waals surface area contributed by atoms with Gasteiger partial charge in [0.2, 0.25) is 0 Å². The largest absolute Gasteiger partial charge is 0.462 e. The van der Waals surface area contributed by atoms with E-state index in [0.717, 1.165) is 5.56 Å². The summed E-state index contributed by atoms with van der Waals surface area (Å²) in [6.07, 6.45) is 0. The number of fused-ring (bicyclic) bond motifs is 2. The molecule has 2 aliphatic rings. The van der Waals surface area contributed by atoms with Crippen molar-refractivity contribution < 1.29 is 24.0 Å². The number of hydrogen-bond acceptors (Lipinski definition) is 5. The van der Waals surface area contributed by atoms with Crippen molar-refractivity contribution in [2.24, 2.45) is 0 Å². The predicted octanol–water partition coefficient (Wildman–Crippen LogP) is 3.56. The number of esters is 1. The Morgan fingerprint density at radius 2 is 1.44 bits per heavy atom. The third-order valence-corrected chi connectivity index (χ3v) is 4.55. The van der Waals surface area contributed by atoms with Gasteiger partial charge in [0, 0.05) is 16.7 Å². The molecule has 5 nitrogen and oxygen atoms in total. The number of carbonyl (C=O) groups excluding carboxylic acids is 1. The first kappa shape index (κ1) is 16.0. The molecule has 2 aromatic rings. The minimum Gasteiger partial charge on any atom is -0.462 e. The molecule has 0 spiro atoms. The maximum absolute atomic E-state index is 12.7. The highest BCUT2D eigenvalue weighted by Crippen LogP contribution is 2.60. The second-order valence-corrected chi connectivity index (χ2v) is 5.95. The van der Waals surface area contributed by atoms with Crippen molar-refractivity contribution in [2.75, 3.05) is 6.61 Å². The van der Waals surface area contributed by atoms with Gasteiger partial charge >= 0.3 is 5.97 Å². The first-order valence-corrected chi connectivity index (χ1v) is 8.21. The van der Waals surface area contributed by atoms with Gasteiger partial charge < -0.3 is 4.74 Å². The molecule has 0 amide bonds. The molecule has 25 heavy (non-hydrogen) atoms. The topological polar surface area (TPSA) is 54.0 Å². The fourth-order valence-corrected chi connectivity index (χ4v) is 3.38. The Morgan fingerprint density at radius 1 is 0.920 bits per heavy atom. The summed E-state index contributed by atoms with van der Waals surface area (Å²) in [5, 5.41) is 0. The summed E-state index contributed by atoms with van der Waals surface area (Å²) < 4.78 is 11.6. The molecular weight excluding hydrogens is 320 g/mol. The van der Waals surface area contributed by atoms with Crippen LogP contribution in [0.3, 0.4) is 0 Å². The second-order valence-electron chi connectivity index (χ2n) is 5.95. The van der Waals surface area contributed by atoms with Gasteiger partial charge in [-0.05, 0) is 13.8 Å². The van der Waals surface area contributed by atoms with Crippen LogP contribution in [0.4, 0.5) is 0 Å². The van der Waals surface area contributed by atoms with Gasteiger partial charge in [-0.2, -0.15) is 9.78 Å². The number of rotatable bonds is 4. The van der Waals surface area contributed by atoms with Gasteiger partial charge in [-0.1, -0.05) is 60.7 Å². The van der Waals surface area contributed by atoms with Crippen LogP contribution in [-0.2, 0) is 35.6 Å². The Morgan fingerprint density at radius 3 is 2.00 bits per heavy atom. The van der Waals surface area contributed by atoms with E-state index >= 15 is 0 Å². The summed E-state index contributed by atoms with van der Waals surface area (Å²) in [5.74, 6) is -3.17. The van der Waals surface area contributed by atoms with Crippen LogP contribution >= 0.6 is 0 Å². The van der Waals surface area contributed by atoms with Crippen LogP contribution in [0.15, 0.2) is 71.8 Å². The van der Waals surface area contributed by atoms with Crippen molar-refractivity contribution in [2.45, 2.75) is 25.4 Å². The Kier molecular flexibility index (Phi) is 3.72. The molecule has 0 aromatic heterocycles. The summed E-state index contributed by atoms with van der Waals surface area (Å²) in [7, 11) is 0. The fourth-order valence-electron chi connectivity index (χ4n) is 3.38. The van der Waals surface area contributed by atoms with Gasteiger partial charge in [0.1, 0.15) is 5.57 Å². The molecule has 2 aliphatic heterocycles. The van der Waals surface area contributed by atoms with Crippen LogP contribution in [-0.4, -0.2) is 12.6 Å². The minimum atomic E-state index is -1.44. The van der Waals surface area contributed by atoms with E-state index in [4.69, 9.17) is 19.2 Å². The molecule has 0 saturated carbocycles. The fraction of sp³-hybridized carbons (Fsp3) is 0.250. The molecular formula is C20H18O5. The highest BCUT2D eigenvalue weighted by atomic mass is 17.3. The average molecular weight is 338 g/mol. The SMILES string of the molecule is CCOC(=O)C1=C(C)[C@@]2(c3ccccc3)OO[C@]1(c1ccccc1)O2. The molecule has 0 unspecified atom stereocenters. The molecule has 1 fully saturated rings. The van der Waals surface area contributed by atoms with Crippen LogP contribution < -0.4 is 0 Å². The molecule has 4 rings (SSSR count). The molecule has 5 heteroatoms. The first-order valence-electron chi connectivity index (χ1n) is 8.21. The van der Waals surface area contributed by atoms with E-state index in [-0.39, 0.29) is 6.61 Å². The number of ether oxygens (including phenoxy) is 2. The average Bonchev–Trinajstić information content (AvgIpc) is 3.17. The predicted molar refractivity (Wildman–Crippen MR) is 88.8 cm³/mol. The van der Waals surface area contributed by atoms with Crippen molar-refractivity contribution in [3.8, 4) is 0 Å². The molecule has 2 aromatic carbocycles. The maximum atomic E-state index is 12.7. The van der Waals surface area contributed by atoms with Gasteiger partial charge in [0.25, 0.3) is 11.6 Å². The number of hydrogen-bond donors (Lipinski definition) is 0. The highest BCUT2D eigenvalue weighted by Gasteiger charge is 2.67. The lowest BCUT2D eigenvalue weighted by molar-refractivity contribution is -0.352. The van der Waals surface area contributed by atoms with E-state index in [0.29, 0.717) is 16.7 Å². The van der Waals surface area contributed by atoms with E-state index in [2.05, 4.69) is 0 Å². The zero-order valence-electron chi connectivity index (χ0n) is 14.0. The molecule has 0 aliphatic carbocycles. The Hall–Kier alpha value is -2.47. The van der Waals surface area contributed by atoms with Crippen LogP contribution in [0.25, 0.3) is 0 Å². The Labute approximate surface area is 145 Å². The van der Waals surface area contributed by atoms with E-state index < -0.39 is 17.5 Å². The van der Waals surface area contributed by atoms with Crippen LogP contribution in [0.1, 0.15) is 25.0 Å². The van der Waals surface area contributed by atoms with Gasteiger partial charge in [-0.3, -0.25) is 4.74 Å². The monoisotopic (exact) mass is 338 g/mol. The van der Waals surface area contributed by atoms with Crippen molar-refractivity contribution in [1.29, 1.82) is 0 Å². The number of benzene rings is 2. The van der Waals surface area contributed by atoms with Crippen LogP contribution in [0.2, 0.25) is 0 Å². The molecule has 1 saturated heterocycles. The molecule has 0 radical (unpaired) electrons. The van der Waals surface area contributed by atoms with Crippen molar-refractivity contribution in [3.63, 3.8) is 0 Å². The zero-order valence-corrected chi connectivity index (χ0v) is 14.0. The van der Waals surface area contributed by atoms with E-state index in [1.807, 2.05) is 67.6 Å². The lowest BCUT2D eigenvalue weighted by Crippen LogP contribution is -2.33. The van der Waals surface area contributed by atoms with Gasteiger partial charge in [0.15, 0.2) is 0 Å². The quantitative estimate of drug-likeness (QED) is 0.630. The smallest absolute Gasteiger partial charge is 0.340 e. The van der Waals surface area contributed by atoms with Crippen molar-refractivity contribution in [3.05, 3.63) is 82.9 Å². The third-order valence-electron chi connectivity index (χ3n) is 4.55. The lowest BCUT2D eigenvalue weighted by Gasteiger charge is -2.26. The highest BCUT2D eigenvalue weighted by molar-refractivity contribution is 5.93. The summed E-state index contributed by atoms with van der Waals surface area (Å²) in [6.45, 7) is 3.84. The zero-order chi connectivity index (χ0) is 17.5. The summed E-state index contributed by atoms with van der Waals surface area (Å²) in [5.41, 5.74) is 2.39. The Balaban J connectivity index is 1.91. The molecule has 128 valence electrons. The van der Waals surface area contributed by atoms with Crippen LogP contribution in [0.5, 0.6) is 0 Å².